The van der Waals surface area contributed by atoms with Crippen molar-refractivity contribution in [3.63, 3.8) is 0 Å². The van der Waals surface area contributed by atoms with Gasteiger partial charge in [-0.05, 0) is 23.6 Å². The molecular weight excluding hydrogens is 319 g/mol. The van der Waals surface area contributed by atoms with E-state index >= 15 is 0 Å². The Kier molecular flexibility index (Phi) is 6.10. The summed E-state index contributed by atoms with van der Waals surface area (Å²) in [5.41, 5.74) is -0.114. The maximum atomic E-state index is 12.9. The molecule has 1 aromatic carbocycles. The monoisotopic (exact) mass is 343 g/mol. The number of rotatable bonds is 3. The SMILES string of the molecule is CN=C(NCC(C)C)N1CCOC(c2cccc(C(F)(F)F)c2)C1. The molecule has 0 saturated carbocycles. The van der Waals surface area contributed by atoms with Crippen LogP contribution in [0.3, 0.4) is 0 Å². The number of benzene rings is 1. The molecule has 0 bridgehead atoms. The molecule has 1 fully saturated rings. The first-order valence-electron chi connectivity index (χ1n) is 8.05. The van der Waals surface area contributed by atoms with Crippen molar-refractivity contribution in [1.29, 1.82) is 0 Å². The van der Waals surface area contributed by atoms with E-state index in [0.717, 1.165) is 18.6 Å². The quantitative estimate of drug-likeness (QED) is 0.676. The van der Waals surface area contributed by atoms with Gasteiger partial charge >= 0.3 is 6.18 Å². The molecule has 2 rings (SSSR count). The summed E-state index contributed by atoms with van der Waals surface area (Å²) in [7, 11) is 1.71. The summed E-state index contributed by atoms with van der Waals surface area (Å²) in [6, 6.07) is 5.34. The molecule has 0 radical (unpaired) electrons. The lowest BCUT2D eigenvalue weighted by Gasteiger charge is -2.35. The highest BCUT2D eigenvalue weighted by Gasteiger charge is 2.32. The van der Waals surface area contributed by atoms with Gasteiger partial charge in [0.05, 0.1) is 18.7 Å². The van der Waals surface area contributed by atoms with Gasteiger partial charge in [0.25, 0.3) is 0 Å². The Morgan fingerprint density at radius 2 is 2.17 bits per heavy atom. The van der Waals surface area contributed by atoms with Gasteiger partial charge in [0.1, 0.15) is 6.10 Å². The standard InChI is InChI=1S/C17H24F3N3O/c1-12(2)10-22-16(21-3)23-7-8-24-15(11-23)13-5-4-6-14(9-13)17(18,19)20/h4-6,9,12,15H,7-8,10-11H2,1-3H3,(H,21,22). The lowest BCUT2D eigenvalue weighted by atomic mass is 10.0. The number of alkyl halides is 3. The van der Waals surface area contributed by atoms with Gasteiger partial charge in [0, 0.05) is 20.1 Å². The van der Waals surface area contributed by atoms with Gasteiger partial charge in [-0.25, -0.2) is 0 Å². The van der Waals surface area contributed by atoms with Crippen molar-refractivity contribution in [2.45, 2.75) is 26.1 Å². The number of nitrogens with zero attached hydrogens (tertiary/aromatic N) is 2. The van der Waals surface area contributed by atoms with E-state index in [4.69, 9.17) is 4.74 Å². The summed E-state index contributed by atoms with van der Waals surface area (Å²) in [4.78, 5) is 6.29. The number of morpholine rings is 1. The first-order chi connectivity index (χ1) is 11.3. The molecule has 134 valence electrons. The van der Waals surface area contributed by atoms with E-state index in [0.29, 0.717) is 31.2 Å². The fraction of sp³-hybridized carbons (Fsp3) is 0.588. The lowest BCUT2D eigenvalue weighted by Crippen LogP contribution is -2.48. The molecule has 1 heterocycles. The predicted molar refractivity (Wildman–Crippen MR) is 87.9 cm³/mol. The van der Waals surface area contributed by atoms with E-state index in [9.17, 15) is 13.2 Å². The molecule has 0 amide bonds. The molecule has 1 aromatic rings. The highest BCUT2D eigenvalue weighted by atomic mass is 19.4. The third-order valence-corrected chi connectivity index (χ3v) is 3.83. The summed E-state index contributed by atoms with van der Waals surface area (Å²) in [5, 5.41) is 3.29. The molecule has 1 unspecified atom stereocenters. The van der Waals surface area contributed by atoms with Crippen LogP contribution in [0, 0.1) is 5.92 Å². The molecule has 0 spiro atoms. The van der Waals surface area contributed by atoms with E-state index in [1.165, 1.54) is 12.1 Å². The summed E-state index contributed by atoms with van der Waals surface area (Å²) in [5.74, 6) is 1.23. The topological polar surface area (TPSA) is 36.9 Å². The molecule has 1 N–H and O–H groups in total. The Bertz CT molecular complexity index is 572. The third-order valence-electron chi connectivity index (χ3n) is 3.83. The van der Waals surface area contributed by atoms with E-state index < -0.39 is 17.8 Å². The van der Waals surface area contributed by atoms with Crippen LogP contribution in [0.15, 0.2) is 29.3 Å². The minimum atomic E-state index is -4.35. The zero-order chi connectivity index (χ0) is 17.7. The predicted octanol–water partition coefficient (Wildman–Crippen LogP) is 3.31. The first-order valence-corrected chi connectivity index (χ1v) is 8.05. The van der Waals surface area contributed by atoms with Crippen LogP contribution in [0.1, 0.15) is 31.1 Å². The number of hydrogen-bond donors (Lipinski definition) is 1. The number of ether oxygens (including phenoxy) is 1. The summed E-state index contributed by atoms with van der Waals surface area (Å²) >= 11 is 0. The molecule has 24 heavy (non-hydrogen) atoms. The maximum absolute atomic E-state index is 12.9. The van der Waals surface area contributed by atoms with Crippen molar-refractivity contribution >= 4 is 5.96 Å². The Morgan fingerprint density at radius 3 is 2.79 bits per heavy atom. The van der Waals surface area contributed by atoms with Crippen molar-refractivity contribution in [2.75, 3.05) is 33.3 Å². The fourth-order valence-corrected chi connectivity index (χ4v) is 2.59. The van der Waals surface area contributed by atoms with Crippen molar-refractivity contribution in [2.24, 2.45) is 10.9 Å². The summed E-state index contributed by atoms with van der Waals surface area (Å²) in [6.45, 7) is 6.57. The van der Waals surface area contributed by atoms with Crippen molar-refractivity contribution in [3.8, 4) is 0 Å². The Balaban J connectivity index is 2.10. The van der Waals surface area contributed by atoms with Gasteiger partial charge in [-0.1, -0.05) is 26.0 Å². The second-order valence-corrected chi connectivity index (χ2v) is 6.25. The Morgan fingerprint density at radius 1 is 1.42 bits per heavy atom. The smallest absolute Gasteiger partial charge is 0.370 e. The molecular formula is C17H24F3N3O. The number of aliphatic imine (C=N–C) groups is 1. The Hall–Kier alpha value is -1.76. The van der Waals surface area contributed by atoms with E-state index in [1.54, 1.807) is 13.1 Å². The van der Waals surface area contributed by atoms with Crippen molar-refractivity contribution in [1.82, 2.24) is 10.2 Å². The maximum Gasteiger partial charge on any atom is 0.416 e. The first kappa shape index (κ1) is 18.6. The van der Waals surface area contributed by atoms with Crippen LogP contribution in [-0.4, -0.2) is 44.1 Å². The third kappa shape index (κ3) is 4.87. The minimum Gasteiger partial charge on any atom is -0.370 e. The van der Waals surface area contributed by atoms with Gasteiger partial charge in [0.15, 0.2) is 5.96 Å². The van der Waals surface area contributed by atoms with Crippen LogP contribution in [0.25, 0.3) is 0 Å². The van der Waals surface area contributed by atoms with E-state index in [1.807, 2.05) is 4.90 Å². The average molecular weight is 343 g/mol. The normalized spacial score (nSPS) is 19.7. The lowest BCUT2D eigenvalue weighted by molar-refractivity contribution is -0.137. The van der Waals surface area contributed by atoms with E-state index in [-0.39, 0.29) is 0 Å². The van der Waals surface area contributed by atoms with Crippen LogP contribution in [0.5, 0.6) is 0 Å². The fourth-order valence-electron chi connectivity index (χ4n) is 2.59. The number of guanidine groups is 1. The number of nitrogens with one attached hydrogen (secondary N) is 1. The van der Waals surface area contributed by atoms with Crippen LogP contribution >= 0.6 is 0 Å². The molecule has 1 atom stereocenters. The summed E-state index contributed by atoms with van der Waals surface area (Å²) < 4.78 is 44.4. The van der Waals surface area contributed by atoms with Gasteiger partial charge in [-0.2, -0.15) is 13.2 Å². The molecule has 1 aliphatic rings. The average Bonchev–Trinajstić information content (AvgIpc) is 2.55. The van der Waals surface area contributed by atoms with Crippen molar-refractivity contribution < 1.29 is 17.9 Å². The van der Waals surface area contributed by atoms with Gasteiger partial charge < -0.3 is 15.0 Å². The van der Waals surface area contributed by atoms with Crippen LogP contribution in [0.4, 0.5) is 13.2 Å². The van der Waals surface area contributed by atoms with Crippen molar-refractivity contribution in [3.05, 3.63) is 35.4 Å². The minimum absolute atomic E-state index is 0.404. The molecule has 1 aliphatic heterocycles. The van der Waals surface area contributed by atoms with Crippen LogP contribution in [-0.2, 0) is 10.9 Å². The summed E-state index contributed by atoms with van der Waals surface area (Å²) in [6.07, 6.45) is -4.75. The zero-order valence-electron chi connectivity index (χ0n) is 14.2. The van der Waals surface area contributed by atoms with Crippen LogP contribution in [0.2, 0.25) is 0 Å². The second-order valence-electron chi connectivity index (χ2n) is 6.25. The van der Waals surface area contributed by atoms with Gasteiger partial charge in [0.2, 0.25) is 0 Å². The molecule has 0 aliphatic carbocycles. The zero-order valence-corrected chi connectivity index (χ0v) is 14.2. The van der Waals surface area contributed by atoms with E-state index in [2.05, 4.69) is 24.2 Å². The number of halogens is 3. The molecule has 7 heteroatoms. The van der Waals surface area contributed by atoms with Gasteiger partial charge in [-0.15, -0.1) is 0 Å². The molecule has 1 saturated heterocycles. The highest BCUT2D eigenvalue weighted by Crippen LogP contribution is 2.32. The van der Waals surface area contributed by atoms with Gasteiger partial charge in [-0.3, -0.25) is 4.99 Å². The number of hydrogen-bond acceptors (Lipinski definition) is 2. The largest absolute Gasteiger partial charge is 0.416 e. The highest BCUT2D eigenvalue weighted by molar-refractivity contribution is 5.80. The van der Waals surface area contributed by atoms with Crippen LogP contribution < -0.4 is 5.32 Å². The second kappa shape index (κ2) is 7.88. The Labute approximate surface area is 140 Å². The molecule has 4 nitrogen and oxygen atoms in total. The molecule has 0 aromatic heterocycles.